The highest BCUT2D eigenvalue weighted by Gasteiger charge is 2.32. The van der Waals surface area contributed by atoms with Crippen LogP contribution in [-0.2, 0) is 22.6 Å². The summed E-state index contributed by atoms with van der Waals surface area (Å²) in [4.78, 5) is 31.0. The summed E-state index contributed by atoms with van der Waals surface area (Å²) in [5.74, 6) is 1.62. The van der Waals surface area contributed by atoms with Crippen molar-refractivity contribution in [3.05, 3.63) is 70.5 Å². The number of pyridine rings is 1. The third kappa shape index (κ3) is 6.40. The van der Waals surface area contributed by atoms with E-state index in [-0.39, 0.29) is 11.5 Å². The predicted octanol–water partition coefficient (Wildman–Crippen LogP) is 4.81. The first-order valence-corrected chi connectivity index (χ1v) is 13.6. The number of para-hydroxylation sites is 1. The third-order valence-corrected chi connectivity index (χ3v) is 7.27. The molecule has 1 saturated carbocycles. The molecule has 1 aromatic heterocycles. The van der Waals surface area contributed by atoms with Crippen LogP contribution in [0.15, 0.2) is 59.4 Å². The smallest absolute Gasteiger partial charge is 0.255 e. The molecule has 196 valence electrons. The number of carbonyl (C=O) groups is 1. The van der Waals surface area contributed by atoms with Crippen molar-refractivity contribution in [1.29, 1.82) is 0 Å². The van der Waals surface area contributed by atoms with Crippen LogP contribution in [0.4, 0.5) is 0 Å². The fourth-order valence-corrected chi connectivity index (χ4v) is 5.12. The van der Waals surface area contributed by atoms with Crippen molar-refractivity contribution in [3.63, 3.8) is 0 Å². The number of amides is 1. The van der Waals surface area contributed by atoms with Gasteiger partial charge in [0.2, 0.25) is 5.91 Å². The Labute approximate surface area is 218 Å². The number of likely N-dealkylation sites (tertiary alicyclic amines) is 1. The summed E-state index contributed by atoms with van der Waals surface area (Å²) in [5, 5.41) is 0.976. The maximum atomic E-state index is 13.8. The van der Waals surface area contributed by atoms with E-state index < -0.39 is 0 Å². The van der Waals surface area contributed by atoms with Gasteiger partial charge in [-0.25, -0.2) is 0 Å². The van der Waals surface area contributed by atoms with Crippen LogP contribution in [0.2, 0.25) is 0 Å². The lowest BCUT2D eigenvalue weighted by atomic mass is 10.1. The lowest BCUT2D eigenvalue weighted by Crippen LogP contribution is -2.44. The fraction of sp³-hybridized carbons (Fsp3) is 0.467. The highest BCUT2D eigenvalue weighted by atomic mass is 16.5. The van der Waals surface area contributed by atoms with Gasteiger partial charge in [-0.1, -0.05) is 18.2 Å². The SMILES string of the molecule is CCOCCn1c(=O)c(CN(CC(=O)N2CCCCC2)C2CC2)cc2ccc(Oc3ccccc3)cc21. The van der Waals surface area contributed by atoms with Crippen LogP contribution in [0.1, 0.15) is 44.6 Å². The first-order valence-electron chi connectivity index (χ1n) is 13.6. The number of aromatic nitrogens is 1. The van der Waals surface area contributed by atoms with E-state index >= 15 is 0 Å². The molecule has 0 atom stereocenters. The molecule has 1 aliphatic heterocycles. The molecule has 1 aliphatic carbocycles. The number of hydrogen-bond acceptors (Lipinski definition) is 5. The van der Waals surface area contributed by atoms with Crippen LogP contribution in [0.5, 0.6) is 11.5 Å². The maximum absolute atomic E-state index is 13.8. The summed E-state index contributed by atoms with van der Waals surface area (Å²) < 4.78 is 13.5. The van der Waals surface area contributed by atoms with Crippen LogP contribution < -0.4 is 10.3 Å². The maximum Gasteiger partial charge on any atom is 0.255 e. The van der Waals surface area contributed by atoms with Crippen LogP contribution in [-0.4, -0.2) is 59.2 Å². The summed E-state index contributed by atoms with van der Waals surface area (Å²) in [6, 6.07) is 17.9. The number of ether oxygens (including phenoxy) is 2. The van der Waals surface area contributed by atoms with E-state index in [0.29, 0.717) is 44.6 Å². The van der Waals surface area contributed by atoms with Gasteiger partial charge in [-0.05, 0) is 74.7 Å². The first kappa shape index (κ1) is 25.5. The van der Waals surface area contributed by atoms with Gasteiger partial charge in [0.15, 0.2) is 0 Å². The van der Waals surface area contributed by atoms with E-state index in [2.05, 4.69) is 4.90 Å². The number of fused-ring (bicyclic) bond motifs is 1. The highest BCUT2D eigenvalue weighted by molar-refractivity contribution is 5.81. The lowest BCUT2D eigenvalue weighted by Gasteiger charge is -2.30. The minimum absolute atomic E-state index is 0.0277. The van der Waals surface area contributed by atoms with Crippen molar-refractivity contribution in [1.82, 2.24) is 14.4 Å². The standard InChI is InChI=1S/C30H37N3O4/c1-2-36-18-17-33-28-20-27(37-26-9-5-3-6-10-26)14-11-23(28)19-24(30(33)35)21-32(25-12-13-25)22-29(34)31-15-7-4-8-16-31/h3,5-6,9-11,14,19-20,25H,2,4,7-8,12-13,15-18,21-22H2,1H3. The molecule has 0 radical (unpaired) electrons. The molecule has 37 heavy (non-hydrogen) atoms. The molecule has 2 fully saturated rings. The molecular weight excluding hydrogens is 466 g/mol. The zero-order chi connectivity index (χ0) is 25.6. The largest absolute Gasteiger partial charge is 0.457 e. The van der Waals surface area contributed by atoms with Gasteiger partial charge in [-0.2, -0.15) is 0 Å². The topological polar surface area (TPSA) is 64.0 Å². The van der Waals surface area contributed by atoms with E-state index in [1.165, 1.54) is 6.42 Å². The van der Waals surface area contributed by atoms with Crippen LogP contribution in [0, 0.1) is 0 Å². The van der Waals surface area contributed by atoms with Crippen LogP contribution in [0.25, 0.3) is 10.9 Å². The van der Waals surface area contributed by atoms with Crippen molar-refractivity contribution in [3.8, 4) is 11.5 Å². The van der Waals surface area contributed by atoms with Crippen molar-refractivity contribution in [2.45, 2.75) is 58.2 Å². The Bertz CT molecular complexity index is 1260. The molecule has 5 rings (SSSR count). The highest BCUT2D eigenvalue weighted by Crippen LogP contribution is 2.30. The van der Waals surface area contributed by atoms with Gasteiger partial charge >= 0.3 is 0 Å². The summed E-state index contributed by atoms with van der Waals surface area (Å²) in [7, 11) is 0. The molecule has 0 spiro atoms. The Morgan fingerprint density at radius 2 is 1.78 bits per heavy atom. The minimum Gasteiger partial charge on any atom is -0.457 e. The second kappa shape index (κ2) is 11.9. The molecule has 0 N–H and O–H groups in total. The molecule has 0 bridgehead atoms. The Hall–Kier alpha value is -3.16. The second-order valence-electron chi connectivity index (χ2n) is 10.0. The van der Waals surface area contributed by atoms with E-state index in [9.17, 15) is 9.59 Å². The van der Waals surface area contributed by atoms with Crippen molar-refractivity contribution in [2.24, 2.45) is 0 Å². The summed E-state index contributed by atoms with van der Waals surface area (Å²) in [6.07, 6.45) is 5.53. The molecular formula is C30H37N3O4. The van der Waals surface area contributed by atoms with Gasteiger partial charge in [-0.15, -0.1) is 0 Å². The number of nitrogens with zero attached hydrogens (tertiary/aromatic N) is 3. The van der Waals surface area contributed by atoms with E-state index in [4.69, 9.17) is 9.47 Å². The Morgan fingerprint density at radius 1 is 1.00 bits per heavy atom. The van der Waals surface area contributed by atoms with E-state index in [0.717, 1.165) is 61.0 Å². The normalized spacial score (nSPS) is 15.9. The predicted molar refractivity (Wildman–Crippen MR) is 145 cm³/mol. The lowest BCUT2D eigenvalue weighted by molar-refractivity contribution is -0.133. The summed E-state index contributed by atoms with van der Waals surface area (Å²) >= 11 is 0. The Balaban J connectivity index is 1.42. The third-order valence-electron chi connectivity index (χ3n) is 7.27. The monoisotopic (exact) mass is 503 g/mol. The second-order valence-corrected chi connectivity index (χ2v) is 10.0. The van der Waals surface area contributed by atoms with Crippen LogP contribution in [0.3, 0.4) is 0 Å². The van der Waals surface area contributed by atoms with Gasteiger partial charge in [0.05, 0.1) is 18.7 Å². The molecule has 7 heteroatoms. The molecule has 3 aromatic rings. The number of hydrogen-bond donors (Lipinski definition) is 0. The van der Waals surface area contributed by atoms with Crippen molar-refractivity contribution >= 4 is 16.8 Å². The molecule has 2 aliphatic rings. The molecule has 1 amide bonds. The molecule has 7 nitrogen and oxygen atoms in total. The van der Waals surface area contributed by atoms with Crippen LogP contribution >= 0.6 is 0 Å². The Kier molecular flexibility index (Phi) is 8.21. The zero-order valence-electron chi connectivity index (χ0n) is 21.7. The van der Waals surface area contributed by atoms with Gasteiger partial charge in [-0.3, -0.25) is 14.5 Å². The Morgan fingerprint density at radius 3 is 2.51 bits per heavy atom. The number of piperidine rings is 1. The quantitative estimate of drug-likeness (QED) is 0.352. The number of rotatable bonds is 11. The van der Waals surface area contributed by atoms with Gasteiger partial charge in [0.1, 0.15) is 11.5 Å². The summed E-state index contributed by atoms with van der Waals surface area (Å²) in [5.41, 5.74) is 1.52. The molecule has 2 aromatic carbocycles. The average molecular weight is 504 g/mol. The fourth-order valence-electron chi connectivity index (χ4n) is 5.12. The first-order chi connectivity index (χ1) is 18.1. The zero-order valence-corrected chi connectivity index (χ0v) is 21.7. The summed E-state index contributed by atoms with van der Waals surface area (Å²) in [6.45, 7) is 6.04. The van der Waals surface area contributed by atoms with E-state index in [1.807, 2.05) is 66.4 Å². The van der Waals surface area contributed by atoms with E-state index in [1.54, 1.807) is 4.57 Å². The average Bonchev–Trinajstić information content (AvgIpc) is 3.77. The van der Waals surface area contributed by atoms with Gasteiger partial charge in [0.25, 0.3) is 5.56 Å². The van der Waals surface area contributed by atoms with Gasteiger partial charge in [0, 0.05) is 50.5 Å². The molecule has 1 saturated heterocycles. The molecule has 2 heterocycles. The van der Waals surface area contributed by atoms with Crippen molar-refractivity contribution in [2.75, 3.05) is 32.8 Å². The number of carbonyl (C=O) groups excluding carboxylic acids is 1. The molecule has 0 unspecified atom stereocenters. The van der Waals surface area contributed by atoms with Crippen molar-refractivity contribution < 1.29 is 14.3 Å². The number of benzene rings is 2. The van der Waals surface area contributed by atoms with Gasteiger partial charge < -0.3 is 18.9 Å². The minimum atomic E-state index is -0.0277.